The van der Waals surface area contributed by atoms with E-state index in [1.165, 1.54) is 43.2 Å². The number of aliphatic hydroxyl groups is 1. The number of nitrogens with zero attached hydrogens (tertiary/aromatic N) is 4. The van der Waals surface area contributed by atoms with Crippen molar-refractivity contribution in [3.8, 4) is 0 Å². The van der Waals surface area contributed by atoms with Crippen LogP contribution in [-0.2, 0) is 49.5 Å². The standard InChI is InChI=1S/C46H72N6O11/c1-12-29(4)40(49(8)43(58)39(28(2)3)48-45(61)46(6,7)50(9)35(53)21-17-25-52-36(54)22-23-37(52)55)34(62-10)27-38(56)51-24-16-20-33(51)41(63-11)30(5)42(57)47-32(44(59)60)26-31-18-14-13-15-19-31/h13-15,18-19,22-23,28-30,32-34,36,39-41,54H,12,16-17,20-21,24-27H2,1-11H3,(H,47,57)(H,48,61)(H,59,60)/t29-,30+,32-,33-,34+,36?,39-,40-,41+/m0/s1. The predicted octanol–water partition coefficient (Wildman–Crippen LogP) is 2.59. The fourth-order valence-electron chi connectivity index (χ4n) is 8.48. The Morgan fingerprint density at radius 3 is 2.17 bits per heavy atom. The molecule has 3 rings (SSSR count). The monoisotopic (exact) mass is 885 g/mol. The maximum absolute atomic E-state index is 14.5. The van der Waals surface area contributed by atoms with Gasteiger partial charge in [0.15, 0.2) is 0 Å². The highest BCUT2D eigenvalue weighted by molar-refractivity contribution is 5.94. The Labute approximate surface area is 372 Å². The van der Waals surface area contributed by atoms with Crippen LogP contribution in [0.15, 0.2) is 42.5 Å². The van der Waals surface area contributed by atoms with E-state index in [1.807, 2.05) is 33.8 Å². The molecule has 1 aromatic carbocycles. The molecule has 1 fully saturated rings. The number of nitrogens with one attached hydrogen (secondary N) is 2. The van der Waals surface area contributed by atoms with E-state index in [4.69, 9.17) is 9.47 Å². The fraction of sp³-hybridized carbons (Fsp3) is 0.674. The van der Waals surface area contributed by atoms with Crippen LogP contribution < -0.4 is 10.6 Å². The molecule has 6 amide bonds. The van der Waals surface area contributed by atoms with Crippen LogP contribution in [0.1, 0.15) is 92.6 Å². The molecule has 17 heteroatoms. The van der Waals surface area contributed by atoms with Crippen molar-refractivity contribution in [2.24, 2.45) is 17.8 Å². The lowest BCUT2D eigenvalue weighted by atomic mass is 9.89. The highest BCUT2D eigenvalue weighted by atomic mass is 16.5. The molecule has 0 aliphatic carbocycles. The first-order chi connectivity index (χ1) is 29.6. The smallest absolute Gasteiger partial charge is 0.326 e. The summed E-state index contributed by atoms with van der Waals surface area (Å²) >= 11 is 0. The van der Waals surface area contributed by atoms with Crippen molar-refractivity contribution >= 4 is 41.4 Å². The number of methoxy groups -OCH3 is 2. The highest BCUT2D eigenvalue weighted by Gasteiger charge is 2.44. The number of aliphatic hydroxyl groups excluding tert-OH is 1. The van der Waals surface area contributed by atoms with E-state index in [0.717, 1.165) is 5.56 Å². The van der Waals surface area contributed by atoms with E-state index >= 15 is 0 Å². The Balaban J connectivity index is 1.73. The summed E-state index contributed by atoms with van der Waals surface area (Å²) in [6.07, 6.45) is 2.30. The van der Waals surface area contributed by atoms with Crippen molar-refractivity contribution in [3.05, 3.63) is 48.0 Å². The Hall–Kier alpha value is -4.87. The molecule has 1 unspecified atom stereocenters. The number of benzene rings is 1. The van der Waals surface area contributed by atoms with Gasteiger partial charge in [0.1, 0.15) is 23.9 Å². The molecule has 4 N–H and O–H groups in total. The lowest BCUT2D eigenvalue weighted by Gasteiger charge is -2.41. The van der Waals surface area contributed by atoms with E-state index in [-0.39, 0.29) is 61.8 Å². The van der Waals surface area contributed by atoms with Crippen molar-refractivity contribution in [2.45, 2.75) is 142 Å². The van der Waals surface area contributed by atoms with Crippen LogP contribution in [0.25, 0.3) is 0 Å². The van der Waals surface area contributed by atoms with Gasteiger partial charge in [-0.1, -0.05) is 71.4 Å². The average molecular weight is 885 g/mol. The number of carboxylic acids is 1. The predicted molar refractivity (Wildman–Crippen MR) is 236 cm³/mol. The molecular weight excluding hydrogens is 813 g/mol. The first kappa shape index (κ1) is 52.5. The molecule has 2 heterocycles. The third kappa shape index (κ3) is 13.3. The SMILES string of the molecule is CC[C@H](C)[C@@H]([C@@H](CC(=O)N1CCC[C@H]1[C@H](OC)[C@@H](C)C(=O)N[C@@H](Cc1ccccc1)C(=O)O)OC)N(C)C(=O)[C@@H](NC(=O)C(C)(C)N(C)C(=O)CCCN1C(=O)C=CC1O)C(C)C. The molecule has 2 aliphatic rings. The number of carbonyl (C=O) groups excluding carboxylic acids is 6. The Morgan fingerprint density at radius 2 is 1.63 bits per heavy atom. The largest absolute Gasteiger partial charge is 0.480 e. The summed E-state index contributed by atoms with van der Waals surface area (Å²) in [6, 6.07) is 5.79. The number of amides is 6. The van der Waals surface area contributed by atoms with Crippen LogP contribution in [0.2, 0.25) is 0 Å². The molecule has 0 bridgehead atoms. The van der Waals surface area contributed by atoms with Gasteiger partial charge in [-0.05, 0) is 56.6 Å². The first-order valence-corrected chi connectivity index (χ1v) is 22.1. The summed E-state index contributed by atoms with van der Waals surface area (Å²) in [4.78, 5) is 99.4. The van der Waals surface area contributed by atoms with Crippen LogP contribution in [0.3, 0.4) is 0 Å². The zero-order valence-electron chi connectivity index (χ0n) is 39.0. The maximum Gasteiger partial charge on any atom is 0.326 e. The van der Waals surface area contributed by atoms with Gasteiger partial charge in [-0.3, -0.25) is 28.8 Å². The van der Waals surface area contributed by atoms with Crippen molar-refractivity contribution in [1.29, 1.82) is 0 Å². The fourth-order valence-corrected chi connectivity index (χ4v) is 8.48. The number of hydrogen-bond acceptors (Lipinski definition) is 10. The summed E-state index contributed by atoms with van der Waals surface area (Å²) in [7, 11) is 6.11. The molecule has 0 aromatic heterocycles. The number of hydrogen-bond donors (Lipinski definition) is 4. The highest BCUT2D eigenvalue weighted by Crippen LogP contribution is 2.30. The van der Waals surface area contributed by atoms with Gasteiger partial charge in [-0.25, -0.2) is 4.79 Å². The Bertz CT molecular complexity index is 1770. The summed E-state index contributed by atoms with van der Waals surface area (Å²) in [5, 5.41) is 25.5. The van der Waals surface area contributed by atoms with Gasteiger partial charge in [-0.15, -0.1) is 0 Å². The van der Waals surface area contributed by atoms with Crippen molar-refractivity contribution in [3.63, 3.8) is 0 Å². The van der Waals surface area contributed by atoms with E-state index in [9.17, 15) is 43.8 Å². The molecule has 2 aliphatic heterocycles. The summed E-state index contributed by atoms with van der Waals surface area (Å²) in [6.45, 7) is 13.0. The quantitative estimate of drug-likeness (QED) is 0.118. The van der Waals surface area contributed by atoms with Crippen molar-refractivity contribution in [2.75, 3.05) is 41.4 Å². The molecule has 63 heavy (non-hydrogen) atoms. The maximum atomic E-state index is 14.5. The van der Waals surface area contributed by atoms with Gasteiger partial charge in [0.05, 0.1) is 36.6 Å². The third-order valence-electron chi connectivity index (χ3n) is 12.9. The molecule has 352 valence electrons. The zero-order valence-corrected chi connectivity index (χ0v) is 39.0. The average Bonchev–Trinajstić information content (AvgIpc) is 3.87. The van der Waals surface area contributed by atoms with Crippen LogP contribution >= 0.6 is 0 Å². The lowest BCUT2D eigenvalue weighted by molar-refractivity contribution is -0.150. The molecule has 1 aromatic rings. The summed E-state index contributed by atoms with van der Waals surface area (Å²) in [5.74, 6) is -4.84. The lowest BCUT2D eigenvalue weighted by Crippen LogP contribution is -2.62. The van der Waals surface area contributed by atoms with Gasteiger partial charge in [0.25, 0.3) is 0 Å². The number of carbonyl (C=O) groups is 7. The minimum atomic E-state index is -1.37. The van der Waals surface area contributed by atoms with Gasteiger partial charge in [0.2, 0.25) is 35.4 Å². The number of ether oxygens (including phenoxy) is 2. The summed E-state index contributed by atoms with van der Waals surface area (Å²) < 4.78 is 11.9. The van der Waals surface area contributed by atoms with Crippen LogP contribution in [0.4, 0.5) is 0 Å². The van der Waals surface area contributed by atoms with Gasteiger partial charge in [-0.2, -0.15) is 0 Å². The van der Waals surface area contributed by atoms with Gasteiger partial charge in [0, 0.05) is 60.3 Å². The Kier molecular flexibility index (Phi) is 19.7. The molecule has 0 radical (unpaired) electrons. The van der Waals surface area contributed by atoms with E-state index in [2.05, 4.69) is 10.6 Å². The van der Waals surface area contributed by atoms with E-state index in [0.29, 0.717) is 25.8 Å². The minimum absolute atomic E-state index is 0.0216. The summed E-state index contributed by atoms with van der Waals surface area (Å²) in [5.41, 5.74) is -0.604. The zero-order chi connectivity index (χ0) is 47.3. The third-order valence-corrected chi connectivity index (χ3v) is 12.9. The number of aliphatic carboxylic acids is 1. The molecule has 1 saturated heterocycles. The first-order valence-electron chi connectivity index (χ1n) is 22.1. The molecule has 9 atom stereocenters. The Morgan fingerprint density at radius 1 is 0.984 bits per heavy atom. The van der Waals surface area contributed by atoms with Gasteiger partial charge < -0.3 is 49.9 Å². The van der Waals surface area contributed by atoms with Crippen LogP contribution in [0.5, 0.6) is 0 Å². The van der Waals surface area contributed by atoms with Gasteiger partial charge >= 0.3 is 5.97 Å². The molecule has 17 nitrogen and oxygen atoms in total. The molecule has 0 saturated carbocycles. The molecule has 0 spiro atoms. The number of likely N-dealkylation sites (tertiary alicyclic amines) is 1. The second kappa shape index (κ2) is 23.7. The second-order valence-corrected chi connectivity index (χ2v) is 17.8. The topological polar surface area (TPSA) is 215 Å². The molecular formula is C46H72N6O11. The minimum Gasteiger partial charge on any atom is -0.480 e. The van der Waals surface area contributed by atoms with Crippen LogP contribution in [-0.4, -0.2) is 161 Å². The normalized spacial score (nSPS) is 19.8. The van der Waals surface area contributed by atoms with E-state index < -0.39 is 77.8 Å². The number of rotatable bonds is 24. The number of likely N-dealkylation sites (N-methyl/N-ethyl adjacent to an activating group) is 2. The van der Waals surface area contributed by atoms with E-state index in [1.54, 1.807) is 61.9 Å². The second-order valence-electron chi connectivity index (χ2n) is 17.8. The van der Waals surface area contributed by atoms with Crippen LogP contribution in [0, 0.1) is 17.8 Å². The number of carboxylic acid groups (broad SMARTS) is 1. The van der Waals surface area contributed by atoms with Crippen molar-refractivity contribution < 1.29 is 53.2 Å². The van der Waals surface area contributed by atoms with Crippen molar-refractivity contribution in [1.82, 2.24) is 30.2 Å².